The third-order valence-corrected chi connectivity index (χ3v) is 4.34. The van der Waals surface area contributed by atoms with Crippen LogP contribution in [-0.2, 0) is 0 Å². The number of hydrogen-bond donors (Lipinski definition) is 1. The van der Waals surface area contributed by atoms with Crippen LogP contribution < -0.4 is 19.9 Å². The van der Waals surface area contributed by atoms with Crippen LogP contribution in [0.5, 0.6) is 5.75 Å². The first-order chi connectivity index (χ1) is 9.18. The van der Waals surface area contributed by atoms with Gasteiger partial charge in [-0.05, 0) is 31.0 Å². The smallest absolute Gasteiger partial charge is 0.145 e. The molecule has 1 N–H and O–H groups in total. The number of nitrogens with zero attached hydrogens (tertiary/aromatic N) is 2. The number of rotatable bonds is 1. The van der Waals surface area contributed by atoms with Crippen LogP contribution in [0.15, 0.2) is 6.07 Å². The van der Waals surface area contributed by atoms with Crippen molar-refractivity contribution in [2.75, 3.05) is 56.2 Å². The lowest BCUT2D eigenvalue weighted by atomic mass is 10.0. The summed E-state index contributed by atoms with van der Waals surface area (Å²) >= 11 is 0. The van der Waals surface area contributed by atoms with Crippen molar-refractivity contribution in [2.45, 2.75) is 13.8 Å². The lowest BCUT2D eigenvalue weighted by Crippen LogP contribution is -2.44. The minimum absolute atomic E-state index is 0.788. The van der Waals surface area contributed by atoms with E-state index in [0.717, 1.165) is 45.1 Å². The molecule has 1 fully saturated rings. The van der Waals surface area contributed by atoms with Gasteiger partial charge in [0.1, 0.15) is 12.4 Å². The minimum atomic E-state index is 0.788. The summed E-state index contributed by atoms with van der Waals surface area (Å²) < 4.78 is 5.88. The molecule has 19 heavy (non-hydrogen) atoms. The molecule has 4 heteroatoms. The number of piperazine rings is 1. The highest BCUT2D eigenvalue weighted by molar-refractivity contribution is 5.74. The molecule has 0 amide bonds. The van der Waals surface area contributed by atoms with Crippen LogP contribution in [0.2, 0.25) is 0 Å². The monoisotopic (exact) mass is 261 g/mol. The van der Waals surface area contributed by atoms with Gasteiger partial charge in [0.25, 0.3) is 0 Å². The number of fused-ring (bicyclic) bond motifs is 1. The first-order valence-electron chi connectivity index (χ1n) is 7.12. The summed E-state index contributed by atoms with van der Waals surface area (Å²) in [4.78, 5) is 4.79. The van der Waals surface area contributed by atoms with E-state index in [1.54, 1.807) is 0 Å². The number of ether oxygens (including phenoxy) is 1. The van der Waals surface area contributed by atoms with Crippen LogP contribution in [-0.4, -0.2) is 46.4 Å². The Kier molecular flexibility index (Phi) is 3.27. The van der Waals surface area contributed by atoms with Crippen molar-refractivity contribution in [3.63, 3.8) is 0 Å². The molecule has 3 rings (SSSR count). The molecule has 0 saturated carbocycles. The maximum atomic E-state index is 5.88. The number of nitrogens with one attached hydrogen (secondary N) is 1. The van der Waals surface area contributed by atoms with Gasteiger partial charge in [0.15, 0.2) is 0 Å². The molecule has 0 aromatic heterocycles. The molecule has 1 aromatic carbocycles. The van der Waals surface area contributed by atoms with E-state index >= 15 is 0 Å². The van der Waals surface area contributed by atoms with Crippen molar-refractivity contribution in [1.29, 1.82) is 0 Å². The molecule has 0 atom stereocenters. The largest absolute Gasteiger partial charge is 0.489 e. The van der Waals surface area contributed by atoms with E-state index in [1.165, 1.54) is 22.5 Å². The summed E-state index contributed by atoms with van der Waals surface area (Å²) in [6.45, 7) is 10.5. The maximum absolute atomic E-state index is 5.88. The lowest BCUT2D eigenvalue weighted by Gasteiger charge is -2.35. The fourth-order valence-electron chi connectivity index (χ4n) is 2.96. The minimum Gasteiger partial charge on any atom is -0.489 e. The third kappa shape index (κ3) is 2.14. The quantitative estimate of drug-likeness (QED) is 0.830. The van der Waals surface area contributed by atoms with E-state index in [0.29, 0.717) is 0 Å². The van der Waals surface area contributed by atoms with Crippen LogP contribution in [0, 0.1) is 13.8 Å². The Bertz CT molecular complexity index is 481. The number of hydrogen-bond acceptors (Lipinski definition) is 4. The Hall–Kier alpha value is -1.42. The number of benzene rings is 1. The maximum Gasteiger partial charge on any atom is 0.145 e. The molecule has 0 spiro atoms. The number of anilines is 2. The Morgan fingerprint density at radius 2 is 1.79 bits per heavy atom. The van der Waals surface area contributed by atoms with E-state index < -0.39 is 0 Å². The molecule has 0 radical (unpaired) electrons. The van der Waals surface area contributed by atoms with Crippen molar-refractivity contribution >= 4 is 11.4 Å². The highest BCUT2D eigenvalue weighted by atomic mass is 16.5. The predicted molar refractivity (Wildman–Crippen MR) is 79.8 cm³/mol. The van der Waals surface area contributed by atoms with Crippen LogP contribution in [0.3, 0.4) is 0 Å². The predicted octanol–water partition coefficient (Wildman–Crippen LogP) is 1.54. The van der Waals surface area contributed by atoms with Gasteiger partial charge in [0.05, 0.1) is 12.2 Å². The summed E-state index contributed by atoms with van der Waals surface area (Å²) in [7, 11) is 2.15. The zero-order valence-electron chi connectivity index (χ0n) is 12.1. The summed E-state index contributed by atoms with van der Waals surface area (Å²) in [6.07, 6.45) is 0. The highest BCUT2D eigenvalue weighted by Gasteiger charge is 2.23. The molecule has 2 aliphatic rings. The average molecular weight is 261 g/mol. The van der Waals surface area contributed by atoms with Crippen LogP contribution in [0.1, 0.15) is 11.1 Å². The van der Waals surface area contributed by atoms with Crippen LogP contribution in [0.25, 0.3) is 0 Å². The van der Waals surface area contributed by atoms with Gasteiger partial charge >= 0.3 is 0 Å². The van der Waals surface area contributed by atoms with Gasteiger partial charge in [-0.3, -0.25) is 0 Å². The number of likely N-dealkylation sites (N-methyl/N-ethyl adjacent to an activating group) is 1. The Morgan fingerprint density at radius 3 is 2.53 bits per heavy atom. The van der Waals surface area contributed by atoms with Crippen LogP contribution in [0.4, 0.5) is 11.4 Å². The second kappa shape index (κ2) is 4.93. The summed E-state index contributed by atoms with van der Waals surface area (Å²) in [5.74, 6) is 1.07. The Morgan fingerprint density at radius 1 is 1.05 bits per heavy atom. The molecule has 4 nitrogen and oxygen atoms in total. The molecule has 0 aliphatic carbocycles. The first kappa shape index (κ1) is 12.6. The molecule has 1 saturated heterocycles. The average Bonchev–Trinajstić information content (AvgIpc) is 2.44. The van der Waals surface area contributed by atoms with Gasteiger partial charge in [0, 0.05) is 38.9 Å². The van der Waals surface area contributed by atoms with Gasteiger partial charge in [0.2, 0.25) is 0 Å². The summed E-state index contributed by atoms with van der Waals surface area (Å²) in [5, 5.41) is 3.41. The molecule has 0 unspecified atom stereocenters. The second-order valence-electron chi connectivity index (χ2n) is 5.50. The fourth-order valence-corrected chi connectivity index (χ4v) is 2.96. The van der Waals surface area contributed by atoms with Gasteiger partial charge in [-0.2, -0.15) is 0 Å². The first-order valence-corrected chi connectivity index (χ1v) is 7.12. The van der Waals surface area contributed by atoms with Crippen molar-refractivity contribution in [3.8, 4) is 5.75 Å². The van der Waals surface area contributed by atoms with Crippen molar-refractivity contribution in [3.05, 3.63) is 17.2 Å². The second-order valence-corrected chi connectivity index (χ2v) is 5.50. The molecule has 1 aromatic rings. The SMILES string of the molecule is Cc1c(N2CCNCC2)cc2c(c1C)OCCN2C. The Balaban J connectivity index is 2.05. The van der Waals surface area contributed by atoms with Crippen molar-refractivity contribution < 1.29 is 4.74 Å². The molecular weight excluding hydrogens is 238 g/mol. The normalized spacial score (nSPS) is 19.1. The van der Waals surface area contributed by atoms with E-state index in [2.05, 4.69) is 42.1 Å². The zero-order valence-corrected chi connectivity index (χ0v) is 12.1. The molecule has 0 bridgehead atoms. The zero-order chi connectivity index (χ0) is 13.4. The topological polar surface area (TPSA) is 27.7 Å². The van der Waals surface area contributed by atoms with Crippen molar-refractivity contribution in [1.82, 2.24) is 5.32 Å². The molecule has 2 aliphatic heterocycles. The van der Waals surface area contributed by atoms with Gasteiger partial charge in [-0.25, -0.2) is 0 Å². The van der Waals surface area contributed by atoms with Gasteiger partial charge < -0.3 is 19.9 Å². The van der Waals surface area contributed by atoms with E-state index in [-0.39, 0.29) is 0 Å². The van der Waals surface area contributed by atoms with Crippen LogP contribution >= 0.6 is 0 Å². The fraction of sp³-hybridized carbons (Fsp3) is 0.600. The standard InChI is InChI=1S/C15H23N3O/c1-11-12(2)15-14(17(3)8-9-19-15)10-13(11)18-6-4-16-5-7-18/h10,16H,4-9H2,1-3H3. The van der Waals surface area contributed by atoms with E-state index in [1.807, 2.05) is 0 Å². The van der Waals surface area contributed by atoms with Gasteiger partial charge in [-0.1, -0.05) is 0 Å². The highest BCUT2D eigenvalue weighted by Crippen LogP contribution is 2.40. The van der Waals surface area contributed by atoms with E-state index in [4.69, 9.17) is 4.74 Å². The molecular formula is C15H23N3O. The third-order valence-electron chi connectivity index (χ3n) is 4.34. The lowest BCUT2D eigenvalue weighted by molar-refractivity contribution is 0.309. The molecule has 104 valence electrons. The van der Waals surface area contributed by atoms with Gasteiger partial charge in [-0.15, -0.1) is 0 Å². The van der Waals surface area contributed by atoms with E-state index in [9.17, 15) is 0 Å². The summed E-state index contributed by atoms with van der Waals surface area (Å²) in [5.41, 5.74) is 5.26. The summed E-state index contributed by atoms with van der Waals surface area (Å²) in [6, 6.07) is 2.31. The Labute approximate surface area is 115 Å². The van der Waals surface area contributed by atoms with Crippen molar-refractivity contribution in [2.24, 2.45) is 0 Å². The molecule has 2 heterocycles.